The Balaban J connectivity index is 1.66. The van der Waals surface area contributed by atoms with Gasteiger partial charge in [0.2, 0.25) is 5.91 Å². The molecule has 1 heterocycles. The van der Waals surface area contributed by atoms with Crippen LogP contribution in [0.2, 0.25) is 0 Å². The highest BCUT2D eigenvalue weighted by Crippen LogP contribution is 2.08. The number of thiophene rings is 1. The third-order valence-electron chi connectivity index (χ3n) is 3.29. The van der Waals surface area contributed by atoms with Crippen LogP contribution in [-0.4, -0.2) is 30.3 Å². The Labute approximate surface area is 134 Å². The molecule has 0 fully saturated rings. The summed E-state index contributed by atoms with van der Waals surface area (Å²) in [4.78, 5) is 26.2. The first-order valence-corrected chi connectivity index (χ1v) is 8.14. The number of amides is 2. The lowest BCUT2D eigenvalue weighted by Gasteiger charge is -2.17. The molecule has 2 rings (SSSR count). The molecule has 1 aromatic heterocycles. The Morgan fingerprint density at radius 1 is 1.14 bits per heavy atom. The lowest BCUT2D eigenvalue weighted by Crippen LogP contribution is -2.28. The van der Waals surface area contributed by atoms with Crippen molar-refractivity contribution in [2.24, 2.45) is 0 Å². The summed E-state index contributed by atoms with van der Waals surface area (Å²) in [6.07, 6.45) is 1.09. The fourth-order valence-electron chi connectivity index (χ4n) is 2.07. The largest absolute Gasteiger partial charge is 0.351 e. The van der Waals surface area contributed by atoms with Crippen LogP contribution >= 0.6 is 11.3 Å². The van der Waals surface area contributed by atoms with Crippen molar-refractivity contribution in [3.8, 4) is 0 Å². The van der Waals surface area contributed by atoms with Gasteiger partial charge in [0.05, 0.1) is 4.88 Å². The summed E-state index contributed by atoms with van der Waals surface area (Å²) in [6, 6.07) is 13.5. The number of benzene rings is 1. The first-order valence-electron chi connectivity index (χ1n) is 7.26. The number of nitrogens with one attached hydrogen (secondary N) is 1. The molecule has 0 saturated carbocycles. The summed E-state index contributed by atoms with van der Waals surface area (Å²) < 4.78 is 0. The number of carbonyl (C=O) groups excluding carboxylic acids is 2. The fraction of sp³-hybridized carbons (Fsp3) is 0.294. The number of rotatable bonds is 7. The van der Waals surface area contributed by atoms with Crippen molar-refractivity contribution in [2.75, 3.05) is 13.6 Å². The van der Waals surface area contributed by atoms with E-state index in [4.69, 9.17) is 0 Å². The molecular weight excluding hydrogens is 296 g/mol. The number of nitrogens with zero attached hydrogens (tertiary/aromatic N) is 1. The van der Waals surface area contributed by atoms with Gasteiger partial charge in [0.25, 0.3) is 5.91 Å². The van der Waals surface area contributed by atoms with Crippen LogP contribution in [0.1, 0.15) is 28.1 Å². The Morgan fingerprint density at radius 3 is 2.59 bits per heavy atom. The van der Waals surface area contributed by atoms with Crippen LogP contribution in [0, 0.1) is 0 Å². The normalized spacial score (nSPS) is 10.2. The van der Waals surface area contributed by atoms with E-state index in [1.165, 1.54) is 11.3 Å². The van der Waals surface area contributed by atoms with Crippen molar-refractivity contribution in [2.45, 2.75) is 19.4 Å². The lowest BCUT2D eigenvalue weighted by molar-refractivity contribution is -0.130. The van der Waals surface area contributed by atoms with E-state index < -0.39 is 0 Å². The quantitative estimate of drug-likeness (QED) is 0.799. The second-order valence-electron chi connectivity index (χ2n) is 5.07. The molecule has 2 amide bonds. The van der Waals surface area contributed by atoms with Gasteiger partial charge in [-0.15, -0.1) is 11.3 Å². The second-order valence-corrected chi connectivity index (χ2v) is 6.02. The maximum Gasteiger partial charge on any atom is 0.261 e. The van der Waals surface area contributed by atoms with Crippen molar-refractivity contribution in [1.82, 2.24) is 10.2 Å². The Bertz CT molecular complexity index is 596. The van der Waals surface area contributed by atoms with Gasteiger partial charge in [0.1, 0.15) is 0 Å². The monoisotopic (exact) mass is 316 g/mol. The Kier molecular flexibility index (Phi) is 6.15. The summed E-state index contributed by atoms with van der Waals surface area (Å²) in [5.41, 5.74) is 1.12. The van der Waals surface area contributed by atoms with E-state index in [1.54, 1.807) is 18.0 Å². The Morgan fingerprint density at radius 2 is 1.91 bits per heavy atom. The number of carbonyl (C=O) groups is 2. The van der Waals surface area contributed by atoms with E-state index >= 15 is 0 Å². The number of hydrogen-bond acceptors (Lipinski definition) is 3. The lowest BCUT2D eigenvalue weighted by atomic mass is 10.2. The minimum Gasteiger partial charge on any atom is -0.351 e. The molecule has 0 unspecified atom stereocenters. The van der Waals surface area contributed by atoms with Gasteiger partial charge in [-0.3, -0.25) is 9.59 Å². The van der Waals surface area contributed by atoms with E-state index in [0.29, 0.717) is 30.8 Å². The van der Waals surface area contributed by atoms with E-state index in [1.807, 2.05) is 41.8 Å². The van der Waals surface area contributed by atoms with Crippen molar-refractivity contribution in [1.29, 1.82) is 0 Å². The molecule has 0 atom stereocenters. The zero-order valence-electron chi connectivity index (χ0n) is 12.6. The van der Waals surface area contributed by atoms with Gasteiger partial charge in [-0.25, -0.2) is 0 Å². The summed E-state index contributed by atoms with van der Waals surface area (Å²) in [5, 5.41) is 4.70. The van der Waals surface area contributed by atoms with Gasteiger partial charge >= 0.3 is 0 Å². The smallest absolute Gasteiger partial charge is 0.261 e. The van der Waals surface area contributed by atoms with Crippen molar-refractivity contribution < 1.29 is 9.59 Å². The maximum absolute atomic E-state index is 12.0. The minimum absolute atomic E-state index is 0.0694. The summed E-state index contributed by atoms with van der Waals surface area (Å²) in [7, 11) is 1.81. The van der Waals surface area contributed by atoms with Crippen LogP contribution in [0.4, 0.5) is 0 Å². The van der Waals surface area contributed by atoms with Crippen molar-refractivity contribution in [3.05, 3.63) is 58.3 Å². The molecule has 5 heteroatoms. The third-order valence-corrected chi connectivity index (χ3v) is 4.15. The topological polar surface area (TPSA) is 49.4 Å². The van der Waals surface area contributed by atoms with Crippen LogP contribution in [-0.2, 0) is 11.3 Å². The summed E-state index contributed by atoms with van der Waals surface area (Å²) >= 11 is 1.41. The molecule has 0 bridgehead atoms. The number of hydrogen-bond donors (Lipinski definition) is 1. The van der Waals surface area contributed by atoms with E-state index in [2.05, 4.69) is 5.32 Å². The molecule has 1 N–H and O–H groups in total. The van der Waals surface area contributed by atoms with Crippen molar-refractivity contribution in [3.63, 3.8) is 0 Å². The van der Waals surface area contributed by atoms with E-state index in [-0.39, 0.29) is 11.8 Å². The van der Waals surface area contributed by atoms with E-state index in [0.717, 1.165) is 5.56 Å². The van der Waals surface area contributed by atoms with Crippen LogP contribution in [0.3, 0.4) is 0 Å². The van der Waals surface area contributed by atoms with Crippen LogP contribution in [0.25, 0.3) is 0 Å². The maximum atomic E-state index is 12.0. The highest BCUT2D eigenvalue weighted by atomic mass is 32.1. The molecule has 4 nitrogen and oxygen atoms in total. The van der Waals surface area contributed by atoms with E-state index in [9.17, 15) is 9.59 Å². The van der Waals surface area contributed by atoms with Gasteiger partial charge < -0.3 is 10.2 Å². The molecule has 2 aromatic rings. The highest BCUT2D eigenvalue weighted by Gasteiger charge is 2.10. The zero-order valence-corrected chi connectivity index (χ0v) is 13.4. The average Bonchev–Trinajstić information content (AvgIpc) is 3.06. The first kappa shape index (κ1) is 16.2. The molecule has 0 spiro atoms. The first-order chi connectivity index (χ1) is 10.7. The molecule has 0 aliphatic heterocycles. The van der Waals surface area contributed by atoms with Gasteiger partial charge in [-0.1, -0.05) is 36.4 Å². The molecule has 0 aliphatic carbocycles. The summed E-state index contributed by atoms with van der Waals surface area (Å²) in [5.74, 6) is 0.0225. The summed E-state index contributed by atoms with van der Waals surface area (Å²) in [6.45, 7) is 1.13. The molecule has 1 aromatic carbocycles. The standard InChI is InChI=1S/C17H20N2O2S/c1-19(13-14-7-3-2-4-8-14)16(20)10-5-11-18-17(21)15-9-6-12-22-15/h2-4,6-9,12H,5,10-11,13H2,1H3,(H,18,21). The van der Waals surface area contributed by atoms with Crippen LogP contribution in [0.5, 0.6) is 0 Å². The molecular formula is C17H20N2O2S. The predicted octanol–water partition coefficient (Wildman–Crippen LogP) is 2.92. The fourth-order valence-corrected chi connectivity index (χ4v) is 2.71. The molecule has 0 saturated heterocycles. The van der Waals surface area contributed by atoms with Gasteiger partial charge in [0.15, 0.2) is 0 Å². The minimum atomic E-state index is -0.0694. The highest BCUT2D eigenvalue weighted by molar-refractivity contribution is 7.12. The molecule has 0 aliphatic rings. The van der Waals surface area contributed by atoms with Gasteiger partial charge in [-0.2, -0.15) is 0 Å². The molecule has 22 heavy (non-hydrogen) atoms. The third kappa shape index (κ3) is 5.00. The van der Waals surface area contributed by atoms with Crippen molar-refractivity contribution >= 4 is 23.2 Å². The molecule has 116 valence electrons. The zero-order chi connectivity index (χ0) is 15.8. The van der Waals surface area contributed by atoms with Gasteiger partial charge in [-0.05, 0) is 23.4 Å². The second kappa shape index (κ2) is 8.34. The SMILES string of the molecule is CN(Cc1ccccc1)C(=O)CCCNC(=O)c1cccs1. The molecule has 0 radical (unpaired) electrons. The van der Waals surface area contributed by atoms with Crippen LogP contribution in [0.15, 0.2) is 47.8 Å². The van der Waals surface area contributed by atoms with Gasteiger partial charge in [0, 0.05) is 26.6 Å². The Hall–Kier alpha value is -2.14. The predicted molar refractivity (Wildman–Crippen MR) is 88.8 cm³/mol. The average molecular weight is 316 g/mol. The van der Waals surface area contributed by atoms with Crippen LogP contribution < -0.4 is 5.32 Å².